The minimum Gasteiger partial charge on any atom is -0.396 e. The number of ketones is 1. The van der Waals surface area contributed by atoms with Crippen molar-refractivity contribution in [3.63, 3.8) is 0 Å². The van der Waals surface area contributed by atoms with Gasteiger partial charge in [0.2, 0.25) is 0 Å². The first-order valence-electron chi connectivity index (χ1n) is 4.69. The highest BCUT2D eigenvalue weighted by atomic mass is 35.5. The number of hydrogen-bond acceptors (Lipinski definition) is 3. The molecule has 0 unspecified atom stereocenters. The lowest BCUT2D eigenvalue weighted by Gasteiger charge is -2.04. The Morgan fingerprint density at radius 3 is 2.80 bits per heavy atom. The zero-order valence-electron chi connectivity index (χ0n) is 8.50. The zero-order valence-corrected chi connectivity index (χ0v) is 10.1. The third kappa shape index (κ3) is 3.86. The fraction of sp³-hybridized carbons (Fsp3) is 0.364. The Morgan fingerprint density at radius 2 is 2.27 bits per heavy atom. The third-order valence-electron chi connectivity index (χ3n) is 1.90. The molecule has 82 valence electrons. The van der Waals surface area contributed by atoms with Gasteiger partial charge in [-0.25, -0.2) is 0 Å². The van der Waals surface area contributed by atoms with Crippen molar-refractivity contribution in [2.24, 2.45) is 0 Å². The molecule has 0 amide bonds. The molecule has 2 nitrogen and oxygen atoms in total. The van der Waals surface area contributed by atoms with Gasteiger partial charge in [0.25, 0.3) is 0 Å². The molecule has 15 heavy (non-hydrogen) atoms. The number of aliphatic hydroxyl groups excluding tert-OH is 1. The van der Waals surface area contributed by atoms with Gasteiger partial charge >= 0.3 is 0 Å². The Labute approximate surface area is 98.6 Å². The number of Topliss-reactive ketones (excluding diaryl/α,β-unsaturated/α-hetero) is 1. The van der Waals surface area contributed by atoms with Crippen LogP contribution in [0.15, 0.2) is 23.1 Å². The van der Waals surface area contributed by atoms with Crippen LogP contribution in [0.2, 0.25) is 5.02 Å². The topological polar surface area (TPSA) is 37.3 Å². The van der Waals surface area contributed by atoms with Crippen molar-refractivity contribution in [3.8, 4) is 0 Å². The summed E-state index contributed by atoms with van der Waals surface area (Å²) in [4.78, 5) is 12.0. The van der Waals surface area contributed by atoms with Crippen molar-refractivity contribution in [1.29, 1.82) is 0 Å². The summed E-state index contributed by atoms with van der Waals surface area (Å²) >= 11 is 7.61. The minimum atomic E-state index is 0.0174. The molecule has 0 radical (unpaired) electrons. The van der Waals surface area contributed by atoms with E-state index in [1.807, 2.05) is 6.07 Å². The molecule has 1 aromatic carbocycles. The van der Waals surface area contributed by atoms with Crippen molar-refractivity contribution in [3.05, 3.63) is 28.8 Å². The van der Waals surface area contributed by atoms with Gasteiger partial charge in [-0.05, 0) is 25.5 Å². The summed E-state index contributed by atoms with van der Waals surface area (Å²) in [5, 5.41) is 9.24. The van der Waals surface area contributed by atoms with E-state index in [1.165, 1.54) is 6.92 Å². The van der Waals surface area contributed by atoms with E-state index in [0.29, 0.717) is 10.6 Å². The van der Waals surface area contributed by atoms with Crippen LogP contribution in [-0.4, -0.2) is 23.2 Å². The average Bonchev–Trinajstić information content (AvgIpc) is 2.20. The summed E-state index contributed by atoms with van der Waals surface area (Å²) in [5.74, 6) is 0.846. The van der Waals surface area contributed by atoms with Gasteiger partial charge in [0.1, 0.15) is 0 Å². The second-order valence-electron chi connectivity index (χ2n) is 3.13. The monoisotopic (exact) mass is 244 g/mol. The Kier molecular flexibility index (Phi) is 5.15. The van der Waals surface area contributed by atoms with E-state index in [-0.39, 0.29) is 12.4 Å². The maximum atomic E-state index is 11.1. The van der Waals surface area contributed by atoms with Crippen molar-refractivity contribution in [2.75, 3.05) is 12.4 Å². The lowest BCUT2D eigenvalue weighted by molar-refractivity contribution is 0.101. The first-order chi connectivity index (χ1) is 7.15. The summed E-state index contributed by atoms with van der Waals surface area (Å²) in [7, 11) is 0. The molecule has 0 saturated carbocycles. The highest BCUT2D eigenvalue weighted by molar-refractivity contribution is 7.99. The Balaban J connectivity index is 2.70. The minimum absolute atomic E-state index is 0.0174. The maximum Gasteiger partial charge on any atom is 0.159 e. The van der Waals surface area contributed by atoms with Crippen LogP contribution in [0, 0.1) is 0 Å². The van der Waals surface area contributed by atoms with Gasteiger partial charge in [-0.2, -0.15) is 0 Å². The molecule has 0 spiro atoms. The van der Waals surface area contributed by atoms with Gasteiger partial charge < -0.3 is 5.11 Å². The van der Waals surface area contributed by atoms with Crippen LogP contribution < -0.4 is 0 Å². The Hall–Kier alpha value is -0.510. The molecule has 4 heteroatoms. The lowest BCUT2D eigenvalue weighted by Crippen LogP contribution is -1.92. The molecular formula is C11H13ClO2S. The van der Waals surface area contributed by atoms with Gasteiger partial charge in [-0.1, -0.05) is 17.7 Å². The quantitative estimate of drug-likeness (QED) is 0.492. The highest BCUT2D eigenvalue weighted by Gasteiger charge is 2.05. The molecule has 1 aromatic rings. The lowest BCUT2D eigenvalue weighted by atomic mass is 10.1. The van der Waals surface area contributed by atoms with E-state index in [9.17, 15) is 4.79 Å². The van der Waals surface area contributed by atoms with Gasteiger partial charge in [-0.3, -0.25) is 4.79 Å². The van der Waals surface area contributed by atoms with Crippen molar-refractivity contribution >= 4 is 29.1 Å². The zero-order chi connectivity index (χ0) is 11.3. The second kappa shape index (κ2) is 6.16. The Bertz CT molecular complexity index is 352. The predicted molar refractivity (Wildman–Crippen MR) is 63.9 cm³/mol. The summed E-state index contributed by atoms with van der Waals surface area (Å²) in [6.07, 6.45) is 0.745. The number of carbonyl (C=O) groups is 1. The fourth-order valence-corrected chi connectivity index (χ4v) is 2.28. The third-order valence-corrected chi connectivity index (χ3v) is 3.48. The molecule has 0 heterocycles. The molecule has 1 rings (SSSR count). The smallest absolute Gasteiger partial charge is 0.159 e. The van der Waals surface area contributed by atoms with Crippen LogP contribution in [0.4, 0.5) is 0 Å². The van der Waals surface area contributed by atoms with Gasteiger partial charge in [0, 0.05) is 22.8 Å². The first-order valence-corrected chi connectivity index (χ1v) is 6.05. The average molecular weight is 245 g/mol. The SMILES string of the molecule is CC(=O)c1ccc(SCCCO)c(Cl)c1. The fourth-order valence-electron chi connectivity index (χ4n) is 1.08. The molecule has 0 aliphatic rings. The molecule has 1 N–H and O–H groups in total. The number of carbonyl (C=O) groups excluding carboxylic acids is 1. The van der Waals surface area contributed by atoms with E-state index in [4.69, 9.17) is 16.7 Å². The van der Waals surface area contributed by atoms with Gasteiger partial charge in [-0.15, -0.1) is 11.8 Å². The normalized spacial score (nSPS) is 10.3. The molecule has 0 aliphatic heterocycles. The molecule has 0 fully saturated rings. The summed E-state index contributed by atoms with van der Waals surface area (Å²) in [6.45, 7) is 1.71. The van der Waals surface area contributed by atoms with Crippen LogP contribution in [0.5, 0.6) is 0 Å². The summed E-state index contributed by atoms with van der Waals surface area (Å²) in [5.41, 5.74) is 0.631. The molecule has 0 bridgehead atoms. The van der Waals surface area contributed by atoms with Crippen LogP contribution in [0.1, 0.15) is 23.7 Å². The maximum absolute atomic E-state index is 11.1. The molecule has 0 aromatic heterocycles. The largest absolute Gasteiger partial charge is 0.396 e. The highest BCUT2D eigenvalue weighted by Crippen LogP contribution is 2.28. The number of thioether (sulfide) groups is 1. The molecular weight excluding hydrogens is 232 g/mol. The van der Waals surface area contributed by atoms with Crippen LogP contribution in [0.25, 0.3) is 0 Å². The number of aliphatic hydroxyl groups is 1. The van der Waals surface area contributed by atoms with Gasteiger partial charge in [0.15, 0.2) is 5.78 Å². The van der Waals surface area contributed by atoms with Crippen molar-refractivity contribution in [2.45, 2.75) is 18.2 Å². The standard InChI is InChI=1S/C11H13ClO2S/c1-8(14)9-3-4-11(10(12)7-9)15-6-2-5-13/h3-4,7,13H,2,5-6H2,1H3. The van der Waals surface area contributed by atoms with E-state index < -0.39 is 0 Å². The summed E-state index contributed by atoms with van der Waals surface area (Å²) < 4.78 is 0. The number of halogens is 1. The summed E-state index contributed by atoms with van der Waals surface area (Å²) in [6, 6.07) is 5.31. The van der Waals surface area contributed by atoms with Gasteiger partial charge in [0.05, 0.1) is 5.02 Å². The van der Waals surface area contributed by atoms with E-state index in [1.54, 1.807) is 23.9 Å². The predicted octanol–water partition coefficient (Wildman–Crippen LogP) is 3.02. The van der Waals surface area contributed by atoms with Crippen LogP contribution >= 0.6 is 23.4 Å². The number of hydrogen-bond donors (Lipinski definition) is 1. The number of benzene rings is 1. The Morgan fingerprint density at radius 1 is 1.53 bits per heavy atom. The van der Waals surface area contributed by atoms with Crippen LogP contribution in [0.3, 0.4) is 0 Å². The number of rotatable bonds is 5. The molecule has 0 saturated heterocycles. The first kappa shape index (κ1) is 12.6. The second-order valence-corrected chi connectivity index (χ2v) is 4.67. The van der Waals surface area contributed by atoms with Crippen molar-refractivity contribution < 1.29 is 9.90 Å². The molecule has 0 aliphatic carbocycles. The van der Waals surface area contributed by atoms with Crippen LogP contribution in [-0.2, 0) is 0 Å². The van der Waals surface area contributed by atoms with E-state index >= 15 is 0 Å². The van der Waals surface area contributed by atoms with Crippen molar-refractivity contribution in [1.82, 2.24) is 0 Å². The van der Waals surface area contributed by atoms with E-state index in [0.717, 1.165) is 17.1 Å². The molecule has 0 atom stereocenters. The van der Waals surface area contributed by atoms with E-state index in [2.05, 4.69) is 0 Å².